The molecule has 2 aromatic heterocycles. The highest BCUT2D eigenvalue weighted by Crippen LogP contribution is 2.32. The lowest BCUT2D eigenvalue weighted by Crippen LogP contribution is -2.25. The smallest absolute Gasteiger partial charge is 0.416 e. The largest absolute Gasteiger partial charge is 0.455 e. The Kier molecular flexibility index (Phi) is 6.36. The number of hydrazone groups is 1. The molecule has 1 aliphatic rings. The third kappa shape index (κ3) is 4.88. The quantitative estimate of drug-likeness (QED) is 0.457. The van der Waals surface area contributed by atoms with E-state index in [0.717, 1.165) is 30.5 Å². The summed E-state index contributed by atoms with van der Waals surface area (Å²) in [4.78, 5) is 13.9. The molecule has 0 spiro atoms. The number of hydrogen-bond acceptors (Lipinski definition) is 5. The summed E-state index contributed by atoms with van der Waals surface area (Å²) in [5.74, 6) is 0.662. The standard InChI is InChI=1S/C23H22F3N3O2S/c1-14-20-18(29-28-16-6-2-5-15(13-16)23(24,25)26)8-3-9-19(20)31-21(14)22(30)27-11-10-17-7-4-12-32-17/h2,4-7,12-13,28H,3,8-11H2,1H3,(H,27,30)/b29-18+. The number of furan rings is 1. The molecule has 1 aromatic carbocycles. The number of carbonyl (C=O) groups excluding carboxylic acids is 1. The number of benzene rings is 1. The third-order valence-electron chi connectivity index (χ3n) is 5.28. The lowest BCUT2D eigenvalue weighted by atomic mass is 9.93. The number of rotatable bonds is 6. The molecule has 32 heavy (non-hydrogen) atoms. The number of amides is 1. The van der Waals surface area contributed by atoms with Gasteiger partial charge < -0.3 is 9.73 Å². The van der Waals surface area contributed by atoms with Crippen molar-refractivity contribution in [1.29, 1.82) is 0 Å². The van der Waals surface area contributed by atoms with E-state index in [0.29, 0.717) is 36.4 Å². The molecule has 4 rings (SSSR count). The monoisotopic (exact) mass is 461 g/mol. The molecule has 168 valence electrons. The fraction of sp³-hybridized carbons (Fsp3) is 0.304. The molecule has 0 saturated carbocycles. The molecule has 1 aliphatic carbocycles. The Morgan fingerprint density at radius 1 is 1.22 bits per heavy atom. The average Bonchev–Trinajstić information content (AvgIpc) is 3.40. The maximum atomic E-state index is 12.9. The summed E-state index contributed by atoms with van der Waals surface area (Å²) in [6, 6.07) is 8.88. The van der Waals surface area contributed by atoms with Gasteiger partial charge in [-0.2, -0.15) is 18.3 Å². The highest BCUT2D eigenvalue weighted by Gasteiger charge is 2.31. The van der Waals surface area contributed by atoms with Crippen LogP contribution < -0.4 is 10.7 Å². The molecule has 0 fully saturated rings. The van der Waals surface area contributed by atoms with Gasteiger partial charge in [0.1, 0.15) is 5.76 Å². The van der Waals surface area contributed by atoms with Gasteiger partial charge in [0.25, 0.3) is 5.91 Å². The zero-order chi connectivity index (χ0) is 22.7. The van der Waals surface area contributed by atoms with Crippen molar-refractivity contribution in [3.8, 4) is 0 Å². The van der Waals surface area contributed by atoms with Gasteiger partial charge in [-0.1, -0.05) is 12.1 Å². The maximum absolute atomic E-state index is 12.9. The van der Waals surface area contributed by atoms with E-state index in [1.807, 2.05) is 24.4 Å². The first-order valence-electron chi connectivity index (χ1n) is 10.3. The molecule has 0 unspecified atom stereocenters. The molecule has 0 radical (unpaired) electrons. The number of anilines is 1. The molecule has 2 heterocycles. The van der Waals surface area contributed by atoms with Crippen LogP contribution in [-0.2, 0) is 19.0 Å². The average molecular weight is 462 g/mol. The van der Waals surface area contributed by atoms with Crippen molar-refractivity contribution in [1.82, 2.24) is 5.32 Å². The Hall–Kier alpha value is -3.07. The van der Waals surface area contributed by atoms with Gasteiger partial charge in [-0.05, 0) is 55.8 Å². The minimum atomic E-state index is -4.42. The van der Waals surface area contributed by atoms with Gasteiger partial charge in [0.2, 0.25) is 0 Å². The van der Waals surface area contributed by atoms with Crippen LogP contribution in [0.2, 0.25) is 0 Å². The van der Waals surface area contributed by atoms with Gasteiger partial charge in [-0.15, -0.1) is 11.3 Å². The van der Waals surface area contributed by atoms with Gasteiger partial charge in [-0.25, -0.2) is 0 Å². The van der Waals surface area contributed by atoms with E-state index in [-0.39, 0.29) is 17.4 Å². The number of fused-ring (bicyclic) bond motifs is 1. The zero-order valence-corrected chi connectivity index (χ0v) is 18.2. The first kappa shape index (κ1) is 22.1. The zero-order valence-electron chi connectivity index (χ0n) is 17.4. The van der Waals surface area contributed by atoms with Crippen LogP contribution in [0.3, 0.4) is 0 Å². The van der Waals surface area contributed by atoms with E-state index in [1.165, 1.54) is 17.0 Å². The topological polar surface area (TPSA) is 66.6 Å². The Morgan fingerprint density at radius 2 is 2.06 bits per heavy atom. The minimum Gasteiger partial charge on any atom is -0.455 e. The summed E-state index contributed by atoms with van der Waals surface area (Å²) in [7, 11) is 0. The lowest BCUT2D eigenvalue weighted by molar-refractivity contribution is -0.137. The van der Waals surface area contributed by atoms with Crippen LogP contribution in [0.4, 0.5) is 18.9 Å². The van der Waals surface area contributed by atoms with Crippen LogP contribution in [0.1, 0.15) is 50.7 Å². The number of hydrogen-bond donors (Lipinski definition) is 2. The minimum absolute atomic E-state index is 0.243. The summed E-state index contributed by atoms with van der Waals surface area (Å²) >= 11 is 1.64. The SMILES string of the molecule is Cc1c(C(=O)NCCc2cccs2)oc2c1/C(=N/Nc1cccc(C(F)(F)F)c1)CCC2. The van der Waals surface area contributed by atoms with E-state index in [1.54, 1.807) is 11.3 Å². The Labute approximate surface area is 187 Å². The van der Waals surface area contributed by atoms with Crippen molar-refractivity contribution in [2.75, 3.05) is 12.0 Å². The molecule has 0 atom stereocenters. The van der Waals surface area contributed by atoms with E-state index < -0.39 is 11.7 Å². The number of carbonyl (C=O) groups is 1. The first-order chi connectivity index (χ1) is 15.3. The van der Waals surface area contributed by atoms with Gasteiger partial charge in [0.15, 0.2) is 5.76 Å². The molecule has 2 N–H and O–H groups in total. The predicted molar refractivity (Wildman–Crippen MR) is 118 cm³/mol. The second-order valence-electron chi connectivity index (χ2n) is 7.54. The Balaban J connectivity index is 1.50. The van der Waals surface area contributed by atoms with Crippen molar-refractivity contribution in [2.24, 2.45) is 5.10 Å². The summed E-state index contributed by atoms with van der Waals surface area (Å²) in [6.45, 7) is 2.31. The molecule has 5 nitrogen and oxygen atoms in total. The summed E-state index contributed by atoms with van der Waals surface area (Å²) in [5.41, 5.74) is 4.36. The number of nitrogens with zero attached hydrogens (tertiary/aromatic N) is 1. The normalized spacial score (nSPS) is 14.9. The number of thiophene rings is 1. The predicted octanol–water partition coefficient (Wildman–Crippen LogP) is 5.79. The number of halogens is 3. The lowest BCUT2D eigenvalue weighted by Gasteiger charge is -2.14. The van der Waals surface area contributed by atoms with Crippen LogP contribution in [0.15, 0.2) is 51.3 Å². The molecule has 0 saturated heterocycles. The van der Waals surface area contributed by atoms with E-state index >= 15 is 0 Å². The van der Waals surface area contributed by atoms with Gasteiger partial charge in [0.05, 0.1) is 17.0 Å². The summed E-state index contributed by atoms with van der Waals surface area (Å²) in [5, 5.41) is 9.24. The van der Waals surface area contributed by atoms with E-state index in [4.69, 9.17) is 4.42 Å². The fourth-order valence-electron chi connectivity index (χ4n) is 3.73. The summed E-state index contributed by atoms with van der Waals surface area (Å²) in [6.07, 6.45) is -1.57. The highest BCUT2D eigenvalue weighted by atomic mass is 32.1. The van der Waals surface area contributed by atoms with Crippen molar-refractivity contribution < 1.29 is 22.4 Å². The second kappa shape index (κ2) is 9.20. The molecule has 3 aromatic rings. The Bertz CT molecular complexity index is 1130. The fourth-order valence-corrected chi connectivity index (χ4v) is 4.44. The van der Waals surface area contributed by atoms with Crippen LogP contribution >= 0.6 is 11.3 Å². The van der Waals surface area contributed by atoms with Gasteiger partial charge in [0, 0.05) is 29.0 Å². The molecular weight excluding hydrogens is 439 g/mol. The van der Waals surface area contributed by atoms with Gasteiger partial charge in [-0.3, -0.25) is 10.2 Å². The van der Waals surface area contributed by atoms with Crippen molar-refractivity contribution in [2.45, 2.75) is 38.8 Å². The van der Waals surface area contributed by atoms with Gasteiger partial charge >= 0.3 is 6.18 Å². The van der Waals surface area contributed by atoms with Crippen molar-refractivity contribution >= 4 is 28.6 Å². The first-order valence-corrected chi connectivity index (χ1v) is 11.1. The van der Waals surface area contributed by atoms with Crippen LogP contribution in [0, 0.1) is 6.92 Å². The van der Waals surface area contributed by atoms with E-state index in [2.05, 4.69) is 15.8 Å². The van der Waals surface area contributed by atoms with Crippen LogP contribution in [0.25, 0.3) is 0 Å². The van der Waals surface area contributed by atoms with Crippen molar-refractivity contribution in [3.05, 3.63) is 74.9 Å². The molecule has 0 bridgehead atoms. The summed E-state index contributed by atoms with van der Waals surface area (Å²) < 4.78 is 44.7. The van der Waals surface area contributed by atoms with Crippen molar-refractivity contribution in [3.63, 3.8) is 0 Å². The molecule has 0 aliphatic heterocycles. The highest BCUT2D eigenvalue weighted by molar-refractivity contribution is 7.09. The molecular formula is C23H22F3N3O2S. The Morgan fingerprint density at radius 3 is 2.81 bits per heavy atom. The van der Waals surface area contributed by atoms with E-state index in [9.17, 15) is 18.0 Å². The van der Waals surface area contributed by atoms with Crippen LogP contribution in [-0.4, -0.2) is 18.2 Å². The number of aryl methyl sites for hydroxylation is 1. The second-order valence-corrected chi connectivity index (χ2v) is 8.57. The maximum Gasteiger partial charge on any atom is 0.416 e. The number of nitrogens with one attached hydrogen (secondary N) is 2. The molecule has 9 heteroatoms. The molecule has 1 amide bonds. The number of alkyl halides is 3. The van der Waals surface area contributed by atoms with Crippen LogP contribution in [0.5, 0.6) is 0 Å². The third-order valence-corrected chi connectivity index (χ3v) is 6.22.